The molecule has 4 nitrogen and oxygen atoms in total. The Hall–Kier alpha value is -1.55. The number of urea groups is 1. The second-order valence-corrected chi connectivity index (χ2v) is 5.35. The molecular formula is C16H24N2O2. The van der Waals surface area contributed by atoms with Crippen molar-refractivity contribution in [2.75, 3.05) is 20.3 Å². The smallest absolute Gasteiger partial charge is 0.315 e. The molecule has 2 N–H and O–H groups in total. The van der Waals surface area contributed by atoms with Crippen LogP contribution in [0.4, 0.5) is 4.79 Å². The van der Waals surface area contributed by atoms with E-state index in [1.165, 1.54) is 36.0 Å². The molecule has 0 aliphatic heterocycles. The van der Waals surface area contributed by atoms with Crippen molar-refractivity contribution in [3.8, 4) is 0 Å². The first-order valence-corrected chi connectivity index (χ1v) is 7.35. The highest BCUT2D eigenvalue weighted by Gasteiger charge is 2.13. The number of carbonyl (C=O) groups excluding carboxylic acids is 1. The predicted molar refractivity (Wildman–Crippen MR) is 79.9 cm³/mol. The minimum absolute atomic E-state index is 0.0183. The van der Waals surface area contributed by atoms with Crippen molar-refractivity contribution in [3.63, 3.8) is 0 Å². The first-order chi connectivity index (χ1) is 9.70. The molecule has 0 aromatic heterocycles. The van der Waals surface area contributed by atoms with Crippen molar-refractivity contribution in [3.05, 3.63) is 34.9 Å². The van der Waals surface area contributed by atoms with E-state index >= 15 is 0 Å². The van der Waals surface area contributed by atoms with Gasteiger partial charge in [-0.2, -0.15) is 0 Å². The number of aryl methyl sites for hydroxylation is 2. The molecule has 0 fully saturated rings. The summed E-state index contributed by atoms with van der Waals surface area (Å²) in [6.45, 7) is 3.07. The van der Waals surface area contributed by atoms with E-state index in [9.17, 15) is 4.79 Å². The van der Waals surface area contributed by atoms with Crippen molar-refractivity contribution in [1.82, 2.24) is 10.6 Å². The van der Waals surface area contributed by atoms with E-state index in [1.54, 1.807) is 7.11 Å². The van der Waals surface area contributed by atoms with E-state index < -0.39 is 0 Å². The van der Waals surface area contributed by atoms with Crippen molar-refractivity contribution in [2.24, 2.45) is 0 Å². The maximum absolute atomic E-state index is 11.7. The van der Waals surface area contributed by atoms with Crippen LogP contribution in [0, 0.1) is 0 Å². The molecule has 0 heterocycles. The van der Waals surface area contributed by atoms with Crippen LogP contribution in [0.1, 0.15) is 42.5 Å². The number of benzene rings is 1. The zero-order valence-electron chi connectivity index (χ0n) is 12.4. The summed E-state index contributed by atoms with van der Waals surface area (Å²) in [4.78, 5) is 11.7. The van der Waals surface area contributed by atoms with Crippen molar-refractivity contribution >= 4 is 6.03 Å². The normalized spacial score (nSPS) is 15.3. The standard InChI is InChI=1S/C16H24N2O2/c1-12(18-16(19)17-9-10-20-2)14-8-7-13-5-3-4-6-15(13)11-14/h7-8,11-12H,3-6,9-10H2,1-2H3,(H2,17,18,19). The lowest BCUT2D eigenvalue weighted by Crippen LogP contribution is -2.38. The maximum Gasteiger partial charge on any atom is 0.315 e. The number of fused-ring (bicyclic) bond motifs is 1. The lowest BCUT2D eigenvalue weighted by molar-refractivity contribution is 0.195. The van der Waals surface area contributed by atoms with Crippen LogP contribution in [0.15, 0.2) is 18.2 Å². The van der Waals surface area contributed by atoms with E-state index in [2.05, 4.69) is 28.8 Å². The van der Waals surface area contributed by atoms with Gasteiger partial charge in [0.15, 0.2) is 0 Å². The maximum atomic E-state index is 11.7. The Morgan fingerprint density at radius 3 is 2.80 bits per heavy atom. The van der Waals surface area contributed by atoms with Gasteiger partial charge in [0.05, 0.1) is 12.6 Å². The molecule has 1 aromatic rings. The van der Waals surface area contributed by atoms with E-state index in [0.717, 1.165) is 6.42 Å². The van der Waals surface area contributed by atoms with Gasteiger partial charge in [0.25, 0.3) is 0 Å². The van der Waals surface area contributed by atoms with Crippen molar-refractivity contribution in [1.29, 1.82) is 0 Å². The zero-order chi connectivity index (χ0) is 14.4. The van der Waals surface area contributed by atoms with E-state index in [1.807, 2.05) is 6.92 Å². The molecule has 1 aromatic carbocycles. The molecule has 0 saturated heterocycles. The number of carbonyl (C=O) groups is 1. The Labute approximate surface area is 120 Å². The number of hydrogen-bond acceptors (Lipinski definition) is 2. The molecule has 1 aliphatic carbocycles. The summed E-state index contributed by atoms with van der Waals surface area (Å²) in [5, 5.41) is 5.73. The van der Waals surface area contributed by atoms with Gasteiger partial charge in [-0.05, 0) is 49.3 Å². The third kappa shape index (κ3) is 3.97. The van der Waals surface area contributed by atoms with E-state index in [-0.39, 0.29) is 12.1 Å². The lowest BCUT2D eigenvalue weighted by Gasteiger charge is -2.20. The zero-order valence-corrected chi connectivity index (χ0v) is 12.4. The lowest BCUT2D eigenvalue weighted by atomic mass is 9.89. The SMILES string of the molecule is COCCNC(=O)NC(C)c1ccc2c(c1)CCCC2. The Kier molecular flexibility index (Phi) is 5.41. The molecule has 2 rings (SSSR count). The third-order valence-electron chi connectivity index (χ3n) is 3.81. The fourth-order valence-corrected chi connectivity index (χ4v) is 2.62. The van der Waals surface area contributed by atoms with Crippen LogP contribution in [0.25, 0.3) is 0 Å². The average Bonchev–Trinajstić information content (AvgIpc) is 2.47. The second kappa shape index (κ2) is 7.29. The van der Waals surface area contributed by atoms with Crippen LogP contribution in [-0.4, -0.2) is 26.3 Å². The first-order valence-electron chi connectivity index (χ1n) is 7.35. The molecule has 20 heavy (non-hydrogen) atoms. The highest BCUT2D eigenvalue weighted by Crippen LogP contribution is 2.24. The Balaban J connectivity index is 1.91. The molecule has 2 amide bonds. The van der Waals surface area contributed by atoms with Crippen LogP contribution in [0.2, 0.25) is 0 Å². The van der Waals surface area contributed by atoms with Crippen molar-refractivity contribution < 1.29 is 9.53 Å². The topological polar surface area (TPSA) is 50.4 Å². The Bertz CT molecular complexity index is 460. The molecule has 0 bridgehead atoms. The fraction of sp³-hybridized carbons (Fsp3) is 0.562. The highest BCUT2D eigenvalue weighted by molar-refractivity contribution is 5.74. The van der Waals surface area contributed by atoms with Crippen LogP contribution in [0.5, 0.6) is 0 Å². The number of hydrogen-bond donors (Lipinski definition) is 2. The first kappa shape index (κ1) is 14.9. The van der Waals surface area contributed by atoms with Crippen LogP contribution in [0.3, 0.4) is 0 Å². The summed E-state index contributed by atoms with van der Waals surface area (Å²) in [6, 6.07) is 6.46. The summed E-state index contributed by atoms with van der Waals surface area (Å²) in [6.07, 6.45) is 4.92. The minimum atomic E-state index is -0.146. The molecule has 110 valence electrons. The molecule has 1 unspecified atom stereocenters. The molecule has 4 heteroatoms. The molecule has 1 aliphatic rings. The summed E-state index contributed by atoms with van der Waals surface area (Å²) >= 11 is 0. The molecule has 0 spiro atoms. The third-order valence-corrected chi connectivity index (χ3v) is 3.81. The summed E-state index contributed by atoms with van der Waals surface area (Å²) in [5.41, 5.74) is 4.09. The average molecular weight is 276 g/mol. The van der Waals surface area contributed by atoms with Crippen LogP contribution < -0.4 is 10.6 Å². The van der Waals surface area contributed by atoms with Gasteiger partial charge in [-0.15, -0.1) is 0 Å². The van der Waals surface area contributed by atoms with Crippen molar-refractivity contribution in [2.45, 2.75) is 38.6 Å². The molecule has 0 radical (unpaired) electrons. The van der Waals surface area contributed by atoms with Crippen LogP contribution >= 0.6 is 0 Å². The second-order valence-electron chi connectivity index (χ2n) is 5.35. The predicted octanol–water partition coefficient (Wildman–Crippen LogP) is 2.57. The molecule has 1 atom stereocenters. The van der Waals surface area contributed by atoms with Gasteiger partial charge in [0, 0.05) is 13.7 Å². The Morgan fingerprint density at radius 1 is 1.30 bits per heavy atom. The Morgan fingerprint density at radius 2 is 2.05 bits per heavy atom. The van der Waals surface area contributed by atoms with Gasteiger partial charge < -0.3 is 15.4 Å². The van der Waals surface area contributed by atoms with Gasteiger partial charge in [0.2, 0.25) is 0 Å². The number of nitrogens with one attached hydrogen (secondary N) is 2. The number of methoxy groups -OCH3 is 1. The summed E-state index contributed by atoms with van der Waals surface area (Å²) in [5.74, 6) is 0. The monoisotopic (exact) mass is 276 g/mol. The summed E-state index contributed by atoms with van der Waals surface area (Å²) < 4.78 is 4.90. The summed E-state index contributed by atoms with van der Waals surface area (Å²) in [7, 11) is 1.62. The van der Waals surface area contributed by atoms with E-state index in [4.69, 9.17) is 4.74 Å². The fourth-order valence-electron chi connectivity index (χ4n) is 2.62. The van der Waals surface area contributed by atoms with Gasteiger partial charge in [0.1, 0.15) is 0 Å². The minimum Gasteiger partial charge on any atom is -0.383 e. The van der Waals surface area contributed by atoms with Gasteiger partial charge in [-0.1, -0.05) is 18.2 Å². The largest absolute Gasteiger partial charge is 0.383 e. The number of ether oxygens (including phenoxy) is 1. The quantitative estimate of drug-likeness (QED) is 0.812. The van der Waals surface area contributed by atoms with Gasteiger partial charge in [-0.3, -0.25) is 0 Å². The van der Waals surface area contributed by atoms with Crippen LogP contribution in [-0.2, 0) is 17.6 Å². The number of rotatable bonds is 5. The molecule has 0 saturated carbocycles. The number of amides is 2. The molecular weight excluding hydrogens is 252 g/mol. The van der Waals surface area contributed by atoms with E-state index in [0.29, 0.717) is 13.2 Å². The van der Waals surface area contributed by atoms with Gasteiger partial charge >= 0.3 is 6.03 Å². The highest BCUT2D eigenvalue weighted by atomic mass is 16.5. The van der Waals surface area contributed by atoms with Gasteiger partial charge in [-0.25, -0.2) is 4.79 Å².